The van der Waals surface area contributed by atoms with Crippen LogP contribution in [-0.4, -0.2) is 15.3 Å². The van der Waals surface area contributed by atoms with E-state index in [1.165, 1.54) is 0 Å². The van der Waals surface area contributed by atoms with Gasteiger partial charge < -0.3 is 25.0 Å². The molecule has 0 aliphatic rings. The number of phenolic OH excluding ortho intramolecular Hbond substituents is 3. The smallest absolute Gasteiger partial charge is 0.151 e. The molecule has 0 radical (unpaired) electrons. The Morgan fingerprint density at radius 2 is 1.06 bits per heavy atom. The summed E-state index contributed by atoms with van der Waals surface area (Å²) in [6.45, 7) is 5.78. The summed E-state index contributed by atoms with van der Waals surface area (Å²) >= 11 is 0. The molecule has 4 aromatic carbocycles. The Kier molecular flexibility index (Phi) is 5.65. The van der Waals surface area contributed by atoms with E-state index in [0.717, 1.165) is 33.8 Å². The van der Waals surface area contributed by atoms with Crippen LogP contribution < -0.4 is 9.64 Å². The first-order valence-corrected chi connectivity index (χ1v) is 10.3. The third-order valence-electron chi connectivity index (χ3n) is 5.34. The fraction of sp³-hybridized carbons (Fsp3) is 0.111. The van der Waals surface area contributed by atoms with Crippen LogP contribution in [0.15, 0.2) is 78.9 Å². The molecule has 32 heavy (non-hydrogen) atoms. The van der Waals surface area contributed by atoms with Crippen molar-refractivity contribution in [2.75, 3.05) is 4.90 Å². The number of rotatable bonds is 5. The highest BCUT2D eigenvalue weighted by Gasteiger charge is 2.21. The molecule has 4 aromatic rings. The van der Waals surface area contributed by atoms with Gasteiger partial charge in [0.05, 0.1) is 5.69 Å². The van der Waals surface area contributed by atoms with Gasteiger partial charge in [0.25, 0.3) is 0 Å². The van der Waals surface area contributed by atoms with Gasteiger partial charge in [-0.3, -0.25) is 0 Å². The van der Waals surface area contributed by atoms with Crippen molar-refractivity contribution in [1.29, 1.82) is 0 Å². The van der Waals surface area contributed by atoms with Crippen molar-refractivity contribution >= 4 is 17.1 Å². The van der Waals surface area contributed by atoms with Crippen molar-refractivity contribution in [3.8, 4) is 28.7 Å². The van der Waals surface area contributed by atoms with Crippen molar-refractivity contribution in [2.24, 2.45) is 0 Å². The van der Waals surface area contributed by atoms with E-state index in [1.54, 1.807) is 42.5 Å². The van der Waals surface area contributed by atoms with Crippen molar-refractivity contribution in [3.05, 3.63) is 95.6 Å². The minimum atomic E-state index is 0.128. The van der Waals surface area contributed by atoms with Gasteiger partial charge >= 0.3 is 0 Å². The zero-order valence-electron chi connectivity index (χ0n) is 18.2. The van der Waals surface area contributed by atoms with E-state index in [4.69, 9.17) is 4.74 Å². The zero-order valence-corrected chi connectivity index (χ0v) is 18.2. The summed E-state index contributed by atoms with van der Waals surface area (Å²) < 4.78 is 6.27. The minimum Gasteiger partial charge on any atom is -0.508 e. The van der Waals surface area contributed by atoms with Crippen LogP contribution >= 0.6 is 0 Å². The summed E-state index contributed by atoms with van der Waals surface area (Å²) in [5.74, 6) is 1.66. The highest BCUT2D eigenvalue weighted by atomic mass is 16.5. The van der Waals surface area contributed by atoms with Crippen LogP contribution in [0.3, 0.4) is 0 Å². The second kappa shape index (κ2) is 8.55. The maximum atomic E-state index is 9.96. The molecule has 5 nitrogen and oxygen atoms in total. The Balaban J connectivity index is 1.92. The lowest BCUT2D eigenvalue weighted by Crippen LogP contribution is -2.13. The molecule has 3 N–H and O–H groups in total. The fourth-order valence-electron chi connectivity index (χ4n) is 3.72. The molecule has 0 aromatic heterocycles. The molecule has 0 aliphatic heterocycles. The van der Waals surface area contributed by atoms with Crippen LogP contribution in [0.5, 0.6) is 28.7 Å². The van der Waals surface area contributed by atoms with Crippen molar-refractivity contribution in [1.82, 2.24) is 0 Å². The quantitative estimate of drug-likeness (QED) is 0.320. The first-order chi connectivity index (χ1) is 15.3. The lowest BCUT2D eigenvalue weighted by atomic mass is 10.1. The number of nitrogens with zero attached hydrogens (tertiary/aromatic N) is 1. The molecule has 0 aliphatic carbocycles. The normalized spacial score (nSPS) is 10.7. The zero-order chi connectivity index (χ0) is 22.8. The molecule has 0 bridgehead atoms. The van der Waals surface area contributed by atoms with E-state index in [-0.39, 0.29) is 17.2 Å². The molecule has 0 saturated heterocycles. The van der Waals surface area contributed by atoms with Gasteiger partial charge in [-0.25, -0.2) is 0 Å². The lowest BCUT2D eigenvalue weighted by Gasteiger charge is -2.30. The number of ether oxygens (including phenoxy) is 1. The van der Waals surface area contributed by atoms with Crippen LogP contribution in [0.1, 0.15) is 16.7 Å². The van der Waals surface area contributed by atoms with Gasteiger partial charge in [0, 0.05) is 17.4 Å². The summed E-state index contributed by atoms with van der Waals surface area (Å²) in [6, 6.07) is 23.1. The molecule has 0 unspecified atom stereocenters. The maximum absolute atomic E-state index is 9.96. The average Bonchev–Trinajstić information content (AvgIpc) is 2.74. The number of aryl methyl sites for hydroxylation is 3. The highest BCUT2D eigenvalue weighted by Crippen LogP contribution is 2.45. The fourth-order valence-corrected chi connectivity index (χ4v) is 3.72. The van der Waals surface area contributed by atoms with Gasteiger partial charge in [-0.05, 0) is 92.1 Å². The third kappa shape index (κ3) is 4.18. The Morgan fingerprint density at radius 3 is 1.66 bits per heavy atom. The van der Waals surface area contributed by atoms with E-state index in [9.17, 15) is 15.3 Å². The van der Waals surface area contributed by atoms with Crippen molar-refractivity contribution < 1.29 is 20.1 Å². The average molecular weight is 428 g/mol. The molecular formula is C27H25NO4. The molecule has 4 rings (SSSR count). The highest BCUT2D eigenvalue weighted by molar-refractivity contribution is 5.83. The largest absolute Gasteiger partial charge is 0.508 e. The Morgan fingerprint density at radius 1 is 0.531 bits per heavy atom. The van der Waals surface area contributed by atoms with Gasteiger partial charge in [0.2, 0.25) is 0 Å². The summed E-state index contributed by atoms with van der Waals surface area (Å²) in [4.78, 5) is 2.04. The molecule has 0 atom stereocenters. The monoisotopic (exact) mass is 427 g/mol. The predicted molar refractivity (Wildman–Crippen MR) is 127 cm³/mol. The Hall–Kier alpha value is -4.12. The topological polar surface area (TPSA) is 73.2 Å². The number of aromatic hydroxyl groups is 3. The van der Waals surface area contributed by atoms with E-state index < -0.39 is 0 Å². The van der Waals surface area contributed by atoms with Gasteiger partial charge in [-0.2, -0.15) is 0 Å². The molecule has 0 saturated carbocycles. The SMILES string of the molecule is Cc1ccc(O)cc1Oc1ccccc1N(c1ccc(O)cc1C)c1ccc(O)cc1C. The van der Waals surface area contributed by atoms with Gasteiger partial charge in [0.1, 0.15) is 23.0 Å². The summed E-state index contributed by atoms with van der Waals surface area (Å²) in [7, 11) is 0. The van der Waals surface area contributed by atoms with Crippen LogP contribution in [-0.2, 0) is 0 Å². The van der Waals surface area contributed by atoms with Crippen LogP contribution in [0.2, 0.25) is 0 Å². The van der Waals surface area contributed by atoms with E-state index in [2.05, 4.69) is 0 Å². The molecule has 162 valence electrons. The van der Waals surface area contributed by atoms with Gasteiger partial charge in [0.15, 0.2) is 5.75 Å². The van der Waals surface area contributed by atoms with E-state index >= 15 is 0 Å². The summed E-state index contributed by atoms with van der Waals surface area (Å²) in [5.41, 5.74) is 5.14. The predicted octanol–water partition coefficient (Wildman–Crippen LogP) is 6.99. The van der Waals surface area contributed by atoms with E-state index in [1.807, 2.05) is 62.1 Å². The van der Waals surface area contributed by atoms with Crippen LogP contribution in [0, 0.1) is 20.8 Å². The molecule has 0 amide bonds. The first-order valence-electron chi connectivity index (χ1n) is 10.3. The summed E-state index contributed by atoms with van der Waals surface area (Å²) in [5, 5.41) is 29.9. The third-order valence-corrected chi connectivity index (χ3v) is 5.34. The van der Waals surface area contributed by atoms with Gasteiger partial charge in [-0.1, -0.05) is 18.2 Å². The number of anilines is 3. The minimum absolute atomic E-state index is 0.128. The Bertz CT molecular complexity index is 1230. The van der Waals surface area contributed by atoms with Gasteiger partial charge in [-0.15, -0.1) is 0 Å². The first kappa shape index (κ1) is 21.1. The lowest BCUT2D eigenvalue weighted by molar-refractivity contribution is 0.453. The molecule has 5 heteroatoms. The van der Waals surface area contributed by atoms with Crippen LogP contribution in [0.4, 0.5) is 17.1 Å². The van der Waals surface area contributed by atoms with Crippen molar-refractivity contribution in [3.63, 3.8) is 0 Å². The van der Waals surface area contributed by atoms with E-state index in [0.29, 0.717) is 11.5 Å². The number of phenols is 3. The molecule has 0 fully saturated rings. The van der Waals surface area contributed by atoms with Crippen molar-refractivity contribution in [2.45, 2.75) is 20.8 Å². The number of hydrogen-bond donors (Lipinski definition) is 3. The number of para-hydroxylation sites is 2. The summed E-state index contributed by atoms with van der Waals surface area (Å²) in [6.07, 6.45) is 0. The second-order valence-electron chi connectivity index (χ2n) is 7.80. The second-order valence-corrected chi connectivity index (χ2v) is 7.80. The number of hydrogen-bond acceptors (Lipinski definition) is 5. The number of benzene rings is 4. The molecule has 0 spiro atoms. The molecular weight excluding hydrogens is 402 g/mol. The standard InChI is InChI=1S/C27H25NO4/c1-17-8-9-22(31)16-27(17)32-26-7-5-4-6-25(26)28(23-12-10-20(29)14-18(23)2)24-13-11-21(30)15-19(24)3/h4-16,29-31H,1-3H3. The molecule has 0 heterocycles. The van der Waals surface area contributed by atoms with Crippen LogP contribution in [0.25, 0.3) is 0 Å². The Labute approximate surface area is 187 Å². The maximum Gasteiger partial charge on any atom is 0.151 e.